The van der Waals surface area contributed by atoms with Gasteiger partial charge in [0.05, 0.1) is 6.10 Å². The first kappa shape index (κ1) is 15.4. The summed E-state index contributed by atoms with van der Waals surface area (Å²) < 4.78 is 6.46. The monoisotopic (exact) mass is 323 g/mol. The lowest BCUT2D eigenvalue weighted by Crippen LogP contribution is -2.45. The van der Waals surface area contributed by atoms with E-state index in [0.717, 1.165) is 19.4 Å². The SMILES string of the molecule is O=C(O)C(OC1C2CCC1NC2)(c1ccccc1)c1ccccc1. The summed E-state index contributed by atoms with van der Waals surface area (Å²) in [7, 11) is 0. The summed E-state index contributed by atoms with van der Waals surface area (Å²) in [4.78, 5) is 12.5. The van der Waals surface area contributed by atoms with E-state index in [-0.39, 0.29) is 12.1 Å². The van der Waals surface area contributed by atoms with Crippen molar-refractivity contribution in [1.29, 1.82) is 0 Å². The smallest absolute Gasteiger partial charge is 0.345 e. The number of carboxylic acids is 1. The van der Waals surface area contributed by atoms with E-state index in [0.29, 0.717) is 17.0 Å². The molecular formula is C20H21NO3. The topological polar surface area (TPSA) is 58.6 Å². The number of piperidine rings is 1. The van der Waals surface area contributed by atoms with Gasteiger partial charge < -0.3 is 15.2 Å². The van der Waals surface area contributed by atoms with E-state index in [1.54, 1.807) is 0 Å². The summed E-state index contributed by atoms with van der Waals surface area (Å²) in [5, 5.41) is 13.7. The van der Waals surface area contributed by atoms with Gasteiger partial charge in [-0.05, 0) is 29.9 Å². The van der Waals surface area contributed by atoms with Crippen molar-refractivity contribution in [3.05, 3.63) is 71.8 Å². The summed E-state index contributed by atoms with van der Waals surface area (Å²) in [6, 6.07) is 18.8. The average molecular weight is 323 g/mol. The molecule has 1 aliphatic heterocycles. The number of carboxylic acid groups (broad SMARTS) is 1. The molecule has 2 bridgehead atoms. The molecule has 0 aromatic heterocycles. The molecule has 1 aliphatic carbocycles. The molecule has 1 saturated carbocycles. The Labute approximate surface area is 141 Å². The largest absolute Gasteiger partial charge is 0.479 e. The highest BCUT2D eigenvalue weighted by molar-refractivity contribution is 5.84. The normalized spacial score (nSPS) is 25.8. The zero-order chi connectivity index (χ0) is 16.6. The Kier molecular flexibility index (Phi) is 3.87. The quantitative estimate of drug-likeness (QED) is 0.888. The highest BCUT2D eigenvalue weighted by Gasteiger charge is 2.51. The molecule has 2 aromatic carbocycles. The second kappa shape index (κ2) is 6.04. The Bertz CT molecular complexity index is 657. The minimum absolute atomic E-state index is 0.0680. The van der Waals surface area contributed by atoms with Crippen LogP contribution in [0.1, 0.15) is 24.0 Å². The first-order valence-electron chi connectivity index (χ1n) is 8.47. The van der Waals surface area contributed by atoms with Gasteiger partial charge in [-0.3, -0.25) is 0 Å². The van der Waals surface area contributed by atoms with Gasteiger partial charge in [0.2, 0.25) is 5.60 Å². The lowest BCUT2D eigenvalue weighted by Gasteiger charge is -2.34. The van der Waals surface area contributed by atoms with Gasteiger partial charge in [0.25, 0.3) is 0 Å². The Morgan fingerprint density at radius 2 is 1.58 bits per heavy atom. The molecule has 2 aliphatic rings. The molecule has 0 spiro atoms. The molecule has 0 amide bonds. The first-order chi connectivity index (χ1) is 11.7. The van der Waals surface area contributed by atoms with Crippen molar-refractivity contribution in [2.75, 3.05) is 6.54 Å². The van der Waals surface area contributed by atoms with Crippen LogP contribution in [0, 0.1) is 5.92 Å². The van der Waals surface area contributed by atoms with Crippen molar-refractivity contribution >= 4 is 5.97 Å². The lowest BCUT2D eigenvalue weighted by molar-refractivity contribution is -0.170. The van der Waals surface area contributed by atoms with Crippen LogP contribution in [0.4, 0.5) is 0 Å². The second-order valence-electron chi connectivity index (χ2n) is 6.65. The maximum absolute atomic E-state index is 12.5. The van der Waals surface area contributed by atoms with E-state index in [2.05, 4.69) is 5.32 Å². The lowest BCUT2D eigenvalue weighted by atomic mass is 9.85. The molecule has 1 saturated heterocycles. The van der Waals surface area contributed by atoms with Gasteiger partial charge in [-0.25, -0.2) is 4.79 Å². The number of hydrogen-bond acceptors (Lipinski definition) is 3. The van der Waals surface area contributed by atoms with Gasteiger partial charge in [0.15, 0.2) is 0 Å². The van der Waals surface area contributed by atoms with Crippen LogP contribution in [-0.4, -0.2) is 29.8 Å². The number of hydrogen-bond donors (Lipinski definition) is 2. The predicted octanol–water partition coefficient (Wildman–Crippen LogP) is 2.78. The fourth-order valence-corrected chi connectivity index (χ4v) is 4.12. The standard InChI is InChI=1S/C20H21NO3/c22-19(23)20(15-7-3-1-4-8-15,16-9-5-2-6-10-16)24-18-14-11-12-17(18)21-13-14/h1-10,14,17-18,21H,11-13H2,(H,22,23). The third-order valence-electron chi connectivity index (χ3n) is 5.33. The summed E-state index contributed by atoms with van der Waals surface area (Å²) in [5.74, 6) is -0.577. The van der Waals surface area contributed by atoms with Crippen LogP contribution >= 0.6 is 0 Å². The molecule has 4 rings (SSSR count). The summed E-state index contributed by atoms with van der Waals surface area (Å²) >= 11 is 0. The third-order valence-corrected chi connectivity index (χ3v) is 5.33. The molecule has 2 fully saturated rings. The zero-order valence-electron chi connectivity index (χ0n) is 13.4. The number of carbonyl (C=O) groups is 1. The van der Waals surface area contributed by atoms with Gasteiger partial charge in [-0.1, -0.05) is 60.7 Å². The van der Waals surface area contributed by atoms with Crippen LogP contribution in [0.3, 0.4) is 0 Å². The van der Waals surface area contributed by atoms with E-state index in [1.165, 1.54) is 0 Å². The van der Waals surface area contributed by atoms with Crippen molar-refractivity contribution in [1.82, 2.24) is 5.32 Å². The Morgan fingerprint density at radius 3 is 1.96 bits per heavy atom. The fourth-order valence-electron chi connectivity index (χ4n) is 4.12. The Balaban J connectivity index is 1.83. The summed E-state index contributed by atoms with van der Waals surface area (Å²) in [6.07, 6.45) is 2.08. The van der Waals surface area contributed by atoms with Crippen molar-refractivity contribution in [3.63, 3.8) is 0 Å². The van der Waals surface area contributed by atoms with Crippen LogP contribution in [0.5, 0.6) is 0 Å². The maximum atomic E-state index is 12.5. The Hall–Kier alpha value is -2.17. The minimum Gasteiger partial charge on any atom is -0.479 e. The number of fused-ring (bicyclic) bond motifs is 2. The molecule has 124 valence electrons. The van der Waals surface area contributed by atoms with Crippen molar-refractivity contribution in [2.24, 2.45) is 5.92 Å². The number of nitrogens with one attached hydrogen (secondary N) is 1. The van der Waals surface area contributed by atoms with E-state index in [9.17, 15) is 9.90 Å². The maximum Gasteiger partial charge on any atom is 0.345 e. The summed E-state index contributed by atoms with van der Waals surface area (Å²) in [6.45, 7) is 0.911. The van der Waals surface area contributed by atoms with Gasteiger partial charge in [0.1, 0.15) is 0 Å². The first-order valence-corrected chi connectivity index (χ1v) is 8.47. The van der Waals surface area contributed by atoms with E-state index >= 15 is 0 Å². The number of benzene rings is 2. The van der Waals surface area contributed by atoms with E-state index < -0.39 is 11.6 Å². The molecule has 3 unspecified atom stereocenters. The van der Waals surface area contributed by atoms with Crippen molar-refractivity contribution < 1.29 is 14.6 Å². The molecule has 2 N–H and O–H groups in total. The number of ether oxygens (including phenoxy) is 1. The highest BCUT2D eigenvalue weighted by atomic mass is 16.5. The van der Waals surface area contributed by atoms with Crippen molar-refractivity contribution in [3.8, 4) is 0 Å². The zero-order valence-corrected chi connectivity index (χ0v) is 13.4. The van der Waals surface area contributed by atoms with Gasteiger partial charge in [-0.2, -0.15) is 0 Å². The summed E-state index contributed by atoms with van der Waals surface area (Å²) in [5.41, 5.74) is -0.148. The van der Waals surface area contributed by atoms with Crippen LogP contribution in [0.25, 0.3) is 0 Å². The van der Waals surface area contributed by atoms with E-state index in [1.807, 2.05) is 60.7 Å². The molecule has 24 heavy (non-hydrogen) atoms. The third kappa shape index (κ3) is 2.34. The molecule has 1 heterocycles. The molecule has 3 atom stereocenters. The van der Waals surface area contributed by atoms with Crippen LogP contribution in [0.15, 0.2) is 60.7 Å². The van der Waals surface area contributed by atoms with Gasteiger partial charge in [-0.15, -0.1) is 0 Å². The van der Waals surface area contributed by atoms with Crippen LogP contribution in [0.2, 0.25) is 0 Å². The Morgan fingerprint density at radius 1 is 1.00 bits per heavy atom. The average Bonchev–Trinajstić information content (AvgIpc) is 3.20. The minimum atomic E-state index is -1.47. The highest BCUT2D eigenvalue weighted by Crippen LogP contribution is 2.42. The predicted molar refractivity (Wildman–Crippen MR) is 90.7 cm³/mol. The van der Waals surface area contributed by atoms with Crippen LogP contribution in [-0.2, 0) is 15.1 Å². The molecule has 4 heteroatoms. The molecule has 0 radical (unpaired) electrons. The molecule has 4 nitrogen and oxygen atoms in total. The van der Waals surface area contributed by atoms with E-state index in [4.69, 9.17) is 4.74 Å². The number of rotatable bonds is 5. The number of aliphatic carboxylic acids is 1. The molecular weight excluding hydrogens is 302 g/mol. The fraction of sp³-hybridized carbons (Fsp3) is 0.350. The van der Waals surface area contributed by atoms with Gasteiger partial charge in [0, 0.05) is 12.6 Å². The van der Waals surface area contributed by atoms with Crippen LogP contribution < -0.4 is 5.32 Å². The second-order valence-corrected chi connectivity index (χ2v) is 6.65. The van der Waals surface area contributed by atoms with Gasteiger partial charge >= 0.3 is 5.97 Å². The molecule has 2 aromatic rings. The van der Waals surface area contributed by atoms with Crippen molar-refractivity contribution in [2.45, 2.75) is 30.6 Å².